The third kappa shape index (κ3) is 3.34. The quantitative estimate of drug-likeness (QED) is 0.609. The number of rotatable bonds is 4. The first-order valence-corrected chi connectivity index (χ1v) is 9.80. The monoisotopic (exact) mass is 411 g/mol. The molecule has 9 heteroatoms. The Bertz CT molecular complexity index is 1130. The predicted molar refractivity (Wildman–Crippen MR) is 112 cm³/mol. The molecule has 1 fully saturated rings. The summed E-state index contributed by atoms with van der Waals surface area (Å²) in [5.74, 6) is 2.12. The van der Waals surface area contributed by atoms with E-state index in [4.69, 9.17) is 11.6 Å². The van der Waals surface area contributed by atoms with E-state index in [2.05, 4.69) is 35.5 Å². The molecule has 1 atom stereocenters. The van der Waals surface area contributed by atoms with E-state index in [1.165, 1.54) is 12.5 Å². The predicted octanol–water partition coefficient (Wildman–Crippen LogP) is 3.72. The van der Waals surface area contributed by atoms with Crippen molar-refractivity contribution < 1.29 is 4.39 Å². The number of nitrogens with one attached hydrogen (secondary N) is 3. The molecule has 148 valence electrons. The van der Waals surface area contributed by atoms with E-state index in [1.54, 1.807) is 24.4 Å². The second kappa shape index (κ2) is 7.13. The number of likely N-dealkylation sites (tertiary alicyclic amines) is 1. The zero-order valence-electron chi connectivity index (χ0n) is 15.7. The number of nitrogens with zero attached hydrogens (tertiary/aromatic N) is 4. The maximum atomic E-state index is 14.3. The van der Waals surface area contributed by atoms with Crippen LogP contribution in [0.3, 0.4) is 0 Å². The van der Waals surface area contributed by atoms with Gasteiger partial charge in [0, 0.05) is 19.3 Å². The maximum absolute atomic E-state index is 14.3. The highest BCUT2D eigenvalue weighted by atomic mass is 35.5. The second-order valence-electron chi connectivity index (χ2n) is 7.09. The van der Waals surface area contributed by atoms with Crippen LogP contribution in [0.1, 0.15) is 13.3 Å². The van der Waals surface area contributed by atoms with Crippen LogP contribution in [0, 0.1) is 5.82 Å². The lowest BCUT2D eigenvalue weighted by atomic mass is 10.2. The van der Waals surface area contributed by atoms with Crippen molar-refractivity contribution in [1.29, 1.82) is 0 Å². The van der Waals surface area contributed by atoms with Crippen LogP contribution in [0.5, 0.6) is 0 Å². The highest BCUT2D eigenvalue weighted by Gasteiger charge is 2.25. The number of halogens is 2. The molecule has 7 nitrogen and oxygen atoms in total. The number of benzene rings is 1. The molecule has 3 N–H and O–H groups in total. The lowest BCUT2D eigenvalue weighted by Gasteiger charge is -2.36. The molecule has 3 aromatic rings. The van der Waals surface area contributed by atoms with Crippen molar-refractivity contribution in [2.24, 2.45) is 4.99 Å². The van der Waals surface area contributed by atoms with Gasteiger partial charge in [0.1, 0.15) is 35.0 Å². The van der Waals surface area contributed by atoms with Gasteiger partial charge in [0.2, 0.25) is 0 Å². The Morgan fingerprint density at radius 1 is 1.28 bits per heavy atom. The van der Waals surface area contributed by atoms with E-state index in [0.29, 0.717) is 22.2 Å². The molecular formula is C20H19ClFN7. The first-order valence-electron chi connectivity index (χ1n) is 9.42. The van der Waals surface area contributed by atoms with E-state index >= 15 is 0 Å². The van der Waals surface area contributed by atoms with E-state index in [1.807, 2.05) is 13.0 Å². The van der Waals surface area contributed by atoms with Crippen molar-refractivity contribution in [2.75, 3.05) is 18.4 Å². The fraction of sp³-hybridized carbons (Fsp3) is 0.250. The van der Waals surface area contributed by atoms with Gasteiger partial charge in [-0.15, -0.1) is 0 Å². The van der Waals surface area contributed by atoms with Crippen LogP contribution in [0.2, 0.25) is 5.02 Å². The Morgan fingerprint density at radius 2 is 2.14 bits per heavy atom. The van der Waals surface area contributed by atoms with Gasteiger partial charge < -0.3 is 15.6 Å². The van der Waals surface area contributed by atoms with Gasteiger partial charge >= 0.3 is 0 Å². The van der Waals surface area contributed by atoms with Crippen molar-refractivity contribution in [2.45, 2.75) is 19.5 Å². The molecule has 5 rings (SSSR count). The Hall–Kier alpha value is -2.97. The molecule has 0 bridgehead atoms. The van der Waals surface area contributed by atoms with Crippen LogP contribution >= 0.6 is 11.6 Å². The molecule has 0 amide bonds. The van der Waals surface area contributed by atoms with Crippen molar-refractivity contribution in [1.82, 2.24) is 25.2 Å². The SMILES string of the molecule is CC1=NC(N2CCC2)C=C(Nc2nccc3[nH]c(-c4c(F)cccc4Cl)nc23)N1. The second-order valence-corrected chi connectivity index (χ2v) is 7.49. The number of aliphatic imine (C=N–C) groups is 1. The summed E-state index contributed by atoms with van der Waals surface area (Å²) in [7, 11) is 0. The minimum atomic E-state index is -0.431. The van der Waals surface area contributed by atoms with Gasteiger partial charge in [-0.1, -0.05) is 17.7 Å². The van der Waals surface area contributed by atoms with Crippen molar-refractivity contribution in [3.05, 3.63) is 53.2 Å². The Labute approximate surface area is 171 Å². The molecule has 2 aliphatic rings. The van der Waals surface area contributed by atoms with Gasteiger partial charge in [0.15, 0.2) is 5.82 Å². The summed E-state index contributed by atoms with van der Waals surface area (Å²) in [4.78, 5) is 19.1. The summed E-state index contributed by atoms with van der Waals surface area (Å²) in [5, 5.41) is 6.84. The number of anilines is 1. The summed E-state index contributed by atoms with van der Waals surface area (Å²) < 4.78 is 14.3. The molecule has 1 saturated heterocycles. The van der Waals surface area contributed by atoms with Gasteiger partial charge in [-0.05, 0) is 37.6 Å². The molecule has 29 heavy (non-hydrogen) atoms. The minimum Gasteiger partial charge on any atom is -0.338 e. The van der Waals surface area contributed by atoms with Gasteiger partial charge in [0.05, 0.1) is 16.1 Å². The van der Waals surface area contributed by atoms with Crippen LogP contribution in [0.15, 0.2) is 47.4 Å². The summed E-state index contributed by atoms with van der Waals surface area (Å²) in [6.45, 7) is 4.03. The zero-order chi connectivity index (χ0) is 20.0. The van der Waals surface area contributed by atoms with Crippen molar-refractivity contribution in [3.8, 4) is 11.4 Å². The average molecular weight is 412 g/mol. The molecule has 2 aliphatic heterocycles. The lowest BCUT2D eigenvalue weighted by Crippen LogP contribution is -2.46. The zero-order valence-corrected chi connectivity index (χ0v) is 16.5. The fourth-order valence-corrected chi connectivity index (χ4v) is 3.77. The number of hydrogen-bond donors (Lipinski definition) is 3. The van der Waals surface area contributed by atoms with Crippen LogP contribution < -0.4 is 10.6 Å². The Balaban J connectivity index is 1.50. The van der Waals surface area contributed by atoms with Gasteiger partial charge in [0.25, 0.3) is 0 Å². The number of aromatic nitrogens is 3. The standard InChI is InChI=1S/C20H19ClFN7/c1-11-24-15(10-16(25-11)29-8-3-9-29)27-20-18-14(6-7-23-20)26-19(28-18)17-12(21)4-2-5-13(17)22/h2,4-7,10,16H,3,8-9H2,1H3,(H,23,27)(H,24,25)(H,26,28). The van der Waals surface area contributed by atoms with Crippen LogP contribution in [-0.4, -0.2) is 44.9 Å². The molecule has 1 unspecified atom stereocenters. The minimum absolute atomic E-state index is 0.0127. The Kier molecular flexibility index (Phi) is 4.44. The molecule has 0 aliphatic carbocycles. The normalized spacial score (nSPS) is 19.3. The van der Waals surface area contributed by atoms with E-state index < -0.39 is 5.82 Å². The first kappa shape index (κ1) is 18.1. The van der Waals surface area contributed by atoms with Crippen molar-refractivity contribution >= 4 is 34.3 Å². The van der Waals surface area contributed by atoms with Crippen molar-refractivity contribution in [3.63, 3.8) is 0 Å². The highest BCUT2D eigenvalue weighted by Crippen LogP contribution is 2.31. The summed E-state index contributed by atoms with van der Waals surface area (Å²) in [5.41, 5.74) is 1.58. The molecule has 0 spiro atoms. The van der Waals surface area contributed by atoms with Gasteiger partial charge in [-0.2, -0.15) is 0 Å². The Morgan fingerprint density at radius 3 is 2.90 bits per heavy atom. The number of imidazole rings is 1. The van der Waals surface area contributed by atoms with Crippen LogP contribution in [0.4, 0.5) is 10.2 Å². The molecule has 0 radical (unpaired) electrons. The van der Waals surface area contributed by atoms with E-state index in [0.717, 1.165) is 30.3 Å². The largest absolute Gasteiger partial charge is 0.338 e. The fourth-order valence-electron chi connectivity index (χ4n) is 3.52. The number of pyridine rings is 1. The van der Waals surface area contributed by atoms with Crippen LogP contribution in [-0.2, 0) is 0 Å². The smallest absolute Gasteiger partial charge is 0.159 e. The molecule has 0 saturated carbocycles. The summed E-state index contributed by atoms with van der Waals surface area (Å²) >= 11 is 6.20. The van der Waals surface area contributed by atoms with Gasteiger partial charge in [-0.3, -0.25) is 4.90 Å². The molecule has 4 heterocycles. The first-order chi connectivity index (χ1) is 14.1. The van der Waals surface area contributed by atoms with E-state index in [-0.39, 0.29) is 11.7 Å². The molecule has 2 aromatic heterocycles. The maximum Gasteiger partial charge on any atom is 0.159 e. The number of amidine groups is 1. The molecule has 1 aromatic carbocycles. The molecular weight excluding hydrogens is 393 g/mol. The van der Waals surface area contributed by atoms with Crippen LogP contribution in [0.25, 0.3) is 22.4 Å². The third-order valence-electron chi connectivity index (χ3n) is 5.08. The number of hydrogen-bond acceptors (Lipinski definition) is 6. The topological polar surface area (TPSA) is 81.2 Å². The average Bonchev–Trinajstić information content (AvgIpc) is 3.04. The highest BCUT2D eigenvalue weighted by molar-refractivity contribution is 6.33. The number of fused-ring (bicyclic) bond motifs is 1. The summed E-state index contributed by atoms with van der Waals surface area (Å²) in [6, 6.07) is 6.36. The van der Waals surface area contributed by atoms with Gasteiger partial charge in [-0.25, -0.2) is 19.4 Å². The third-order valence-corrected chi connectivity index (χ3v) is 5.39. The lowest BCUT2D eigenvalue weighted by molar-refractivity contribution is 0.147. The van der Waals surface area contributed by atoms with E-state index in [9.17, 15) is 4.39 Å². The number of H-pyrrole nitrogens is 1. The number of aromatic amines is 1. The summed E-state index contributed by atoms with van der Waals surface area (Å²) in [6.07, 6.45) is 4.92.